The van der Waals surface area contributed by atoms with Crippen LogP contribution in [0.4, 0.5) is 0 Å². The summed E-state index contributed by atoms with van der Waals surface area (Å²) >= 11 is 0. The van der Waals surface area contributed by atoms with Gasteiger partial charge in [0.2, 0.25) is 0 Å². The van der Waals surface area contributed by atoms with E-state index in [9.17, 15) is 16.8 Å². The van der Waals surface area contributed by atoms with E-state index in [-0.39, 0.29) is 23.0 Å². The Kier molecular flexibility index (Phi) is 6.34. The number of rotatable bonds is 8. The zero-order valence-electron chi connectivity index (χ0n) is 13.2. The quantitative estimate of drug-likeness (QED) is 0.676. The molecule has 0 bridgehead atoms. The molecule has 0 aliphatic heterocycles. The van der Waals surface area contributed by atoms with E-state index in [2.05, 4.69) is 0 Å². The summed E-state index contributed by atoms with van der Waals surface area (Å²) in [7, 11) is -6.59. The second kappa shape index (κ2) is 8.26. The van der Waals surface area contributed by atoms with E-state index in [0.29, 0.717) is 0 Å². The summed E-state index contributed by atoms with van der Waals surface area (Å²) in [5.74, 6) is -0.421. The van der Waals surface area contributed by atoms with Crippen LogP contribution in [0.1, 0.15) is 11.1 Å². The number of hydrogen-bond donors (Lipinski definition) is 0. The Morgan fingerprint density at radius 2 is 0.917 bits per heavy atom. The van der Waals surface area contributed by atoms with Crippen LogP contribution in [-0.2, 0) is 31.2 Å². The van der Waals surface area contributed by atoms with E-state index in [1.807, 2.05) is 12.1 Å². The highest BCUT2D eigenvalue weighted by atomic mass is 32.2. The van der Waals surface area contributed by atoms with Crippen molar-refractivity contribution in [2.45, 2.75) is 11.5 Å². The van der Waals surface area contributed by atoms with Gasteiger partial charge in [-0.1, -0.05) is 72.8 Å². The minimum Gasteiger partial charge on any atom is -0.228 e. The lowest BCUT2D eigenvalue weighted by Crippen LogP contribution is -2.09. The lowest BCUT2D eigenvalue weighted by Gasteiger charge is -2.03. The number of benzene rings is 2. The Balaban J connectivity index is 1.87. The van der Waals surface area contributed by atoms with Crippen LogP contribution < -0.4 is 0 Å². The third-order valence-electron chi connectivity index (χ3n) is 3.33. The maximum Gasteiger partial charge on any atom is 0.157 e. The van der Waals surface area contributed by atoms with Gasteiger partial charge in [0.25, 0.3) is 0 Å². The first-order chi connectivity index (χ1) is 11.4. The molecule has 6 heteroatoms. The molecule has 0 aromatic heterocycles. The van der Waals surface area contributed by atoms with Crippen molar-refractivity contribution >= 4 is 19.7 Å². The summed E-state index contributed by atoms with van der Waals surface area (Å²) in [6.07, 6.45) is 2.83. The van der Waals surface area contributed by atoms with Gasteiger partial charge >= 0.3 is 0 Å². The van der Waals surface area contributed by atoms with Crippen LogP contribution in [0.15, 0.2) is 72.8 Å². The molecule has 24 heavy (non-hydrogen) atoms. The molecule has 0 radical (unpaired) electrons. The molecule has 2 rings (SSSR count). The molecule has 0 fully saturated rings. The molecular formula is C18H20O4S2. The summed E-state index contributed by atoms with van der Waals surface area (Å²) in [5.41, 5.74) is 1.45. The van der Waals surface area contributed by atoms with Crippen LogP contribution in [-0.4, -0.2) is 28.3 Å². The van der Waals surface area contributed by atoms with Crippen molar-refractivity contribution in [1.82, 2.24) is 0 Å². The molecular weight excluding hydrogens is 344 g/mol. The fourth-order valence-corrected chi connectivity index (χ4v) is 4.70. The smallest absolute Gasteiger partial charge is 0.157 e. The van der Waals surface area contributed by atoms with E-state index < -0.39 is 19.7 Å². The van der Waals surface area contributed by atoms with E-state index >= 15 is 0 Å². The fraction of sp³-hybridized carbons (Fsp3) is 0.222. The fourth-order valence-electron chi connectivity index (χ4n) is 2.20. The molecule has 0 aliphatic rings. The minimum absolute atomic E-state index is 0.0467. The first-order valence-electron chi connectivity index (χ1n) is 7.50. The zero-order chi connectivity index (χ0) is 17.5. The maximum atomic E-state index is 12.0. The van der Waals surface area contributed by atoms with Crippen LogP contribution in [0.2, 0.25) is 0 Å². The van der Waals surface area contributed by atoms with Crippen LogP contribution in [0.3, 0.4) is 0 Å². The standard InChI is InChI=1S/C18H20O4S2/c19-23(20,15-17-9-3-1-4-10-17)13-7-8-14-24(21,22)16-18-11-5-2-6-12-18/h1-12H,13-16H2/b8-7+. The van der Waals surface area contributed by atoms with Gasteiger partial charge in [-0.25, -0.2) is 16.8 Å². The van der Waals surface area contributed by atoms with Gasteiger partial charge in [-0.15, -0.1) is 0 Å². The number of sulfone groups is 2. The Morgan fingerprint density at radius 3 is 1.25 bits per heavy atom. The summed E-state index contributed by atoms with van der Waals surface area (Å²) in [6.45, 7) is 0. The lowest BCUT2D eigenvalue weighted by atomic mass is 10.2. The van der Waals surface area contributed by atoms with Crippen LogP contribution in [0.25, 0.3) is 0 Å². The molecule has 4 nitrogen and oxygen atoms in total. The molecule has 0 spiro atoms. The largest absolute Gasteiger partial charge is 0.228 e. The first kappa shape index (κ1) is 18.4. The Labute approximate surface area is 143 Å². The zero-order valence-corrected chi connectivity index (χ0v) is 14.8. The number of hydrogen-bond acceptors (Lipinski definition) is 4. The first-order valence-corrected chi connectivity index (χ1v) is 11.1. The molecule has 0 atom stereocenters. The van der Waals surface area contributed by atoms with E-state index in [4.69, 9.17) is 0 Å². The highest BCUT2D eigenvalue weighted by molar-refractivity contribution is 7.91. The lowest BCUT2D eigenvalue weighted by molar-refractivity contribution is 0.595. The van der Waals surface area contributed by atoms with Crippen molar-refractivity contribution in [2.75, 3.05) is 11.5 Å². The normalized spacial score (nSPS) is 12.5. The molecule has 2 aromatic carbocycles. The molecule has 0 aliphatic carbocycles. The van der Waals surface area contributed by atoms with Gasteiger partial charge in [0.05, 0.1) is 23.0 Å². The third kappa shape index (κ3) is 6.68. The highest BCUT2D eigenvalue weighted by Crippen LogP contribution is 2.08. The predicted molar refractivity (Wildman–Crippen MR) is 97.0 cm³/mol. The molecule has 128 valence electrons. The van der Waals surface area contributed by atoms with Gasteiger partial charge < -0.3 is 0 Å². The van der Waals surface area contributed by atoms with Crippen molar-refractivity contribution in [3.63, 3.8) is 0 Å². The van der Waals surface area contributed by atoms with Gasteiger partial charge in [0.15, 0.2) is 19.7 Å². The van der Waals surface area contributed by atoms with E-state index in [0.717, 1.165) is 11.1 Å². The summed E-state index contributed by atoms with van der Waals surface area (Å²) in [4.78, 5) is 0. The minimum atomic E-state index is -3.29. The van der Waals surface area contributed by atoms with E-state index in [1.54, 1.807) is 48.5 Å². The van der Waals surface area contributed by atoms with Crippen LogP contribution >= 0.6 is 0 Å². The van der Waals surface area contributed by atoms with Crippen molar-refractivity contribution in [3.05, 3.63) is 83.9 Å². The molecule has 2 aromatic rings. The van der Waals surface area contributed by atoms with Crippen molar-refractivity contribution in [3.8, 4) is 0 Å². The SMILES string of the molecule is O=S(=O)(C/C=C/CS(=O)(=O)Cc1ccccc1)Cc1ccccc1. The topological polar surface area (TPSA) is 68.3 Å². The predicted octanol–water partition coefficient (Wildman–Crippen LogP) is 2.77. The van der Waals surface area contributed by atoms with Gasteiger partial charge in [-0.05, 0) is 11.1 Å². The summed E-state index contributed by atoms with van der Waals surface area (Å²) in [6, 6.07) is 17.8. The maximum absolute atomic E-state index is 12.0. The Morgan fingerprint density at radius 1 is 0.583 bits per heavy atom. The average molecular weight is 364 g/mol. The average Bonchev–Trinajstić information content (AvgIpc) is 2.53. The van der Waals surface area contributed by atoms with Crippen LogP contribution in [0.5, 0.6) is 0 Å². The van der Waals surface area contributed by atoms with Crippen molar-refractivity contribution in [2.24, 2.45) is 0 Å². The van der Waals surface area contributed by atoms with Gasteiger partial charge in [0.1, 0.15) is 0 Å². The van der Waals surface area contributed by atoms with Crippen molar-refractivity contribution < 1.29 is 16.8 Å². The Bertz CT molecular complexity index is 794. The van der Waals surface area contributed by atoms with Crippen molar-refractivity contribution in [1.29, 1.82) is 0 Å². The van der Waals surface area contributed by atoms with Gasteiger partial charge in [0, 0.05) is 0 Å². The Hall–Kier alpha value is -1.92. The molecule has 0 unspecified atom stereocenters. The van der Waals surface area contributed by atoms with Gasteiger partial charge in [-0.2, -0.15) is 0 Å². The molecule has 0 saturated carbocycles. The molecule has 0 amide bonds. The second-order valence-corrected chi connectivity index (χ2v) is 9.77. The highest BCUT2D eigenvalue weighted by Gasteiger charge is 2.11. The molecule has 0 N–H and O–H groups in total. The third-order valence-corrected chi connectivity index (χ3v) is 6.27. The molecule has 0 heterocycles. The van der Waals surface area contributed by atoms with Gasteiger partial charge in [-0.3, -0.25) is 0 Å². The molecule has 0 saturated heterocycles. The van der Waals surface area contributed by atoms with E-state index in [1.165, 1.54) is 12.2 Å². The van der Waals surface area contributed by atoms with Crippen LogP contribution in [0, 0.1) is 0 Å². The summed E-state index contributed by atoms with van der Waals surface area (Å²) < 4.78 is 48.1. The monoisotopic (exact) mass is 364 g/mol. The second-order valence-electron chi connectivity index (χ2n) is 5.55. The summed E-state index contributed by atoms with van der Waals surface area (Å²) in [5, 5.41) is 0.